The Morgan fingerprint density at radius 3 is 2.49 bits per heavy atom. The van der Waals surface area contributed by atoms with Gasteiger partial charge >= 0.3 is 11.4 Å². The number of piperidine rings is 1. The number of carbonyl (C=O) groups is 2. The number of allylic oxidation sites excluding steroid dienone is 1. The third-order valence-electron chi connectivity index (χ3n) is 7.37. The first-order valence-corrected chi connectivity index (χ1v) is 14.2. The van der Waals surface area contributed by atoms with Crippen LogP contribution in [-0.4, -0.2) is 78.1 Å². The maximum atomic E-state index is 14.3. The average Bonchev–Trinajstić information content (AvgIpc) is 3.50. The van der Waals surface area contributed by atoms with Crippen molar-refractivity contribution in [3.63, 3.8) is 0 Å². The van der Waals surface area contributed by atoms with E-state index in [0.717, 1.165) is 23.1 Å². The number of amides is 2. The predicted molar refractivity (Wildman–Crippen MR) is 145 cm³/mol. The maximum Gasteiger partial charge on any atom is 0.416 e. The number of likely N-dealkylation sites (tertiary alicyclic amines) is 2. The third kappa shape index (κ3) is 6.82. The van der Waals surface area contributed by atoms with Crippen LogP contribution in [0.15, 0.2) is 34.2 Å². The molecule has 6 nitrogen and oxygen atoms in total. The van der Waals surface area contributed by atoms with Gasteiger partial charge in [0.15, 0.2) is 5.41 Å². The van der Waals surface area contributed by atoms with Crippen LogP contribution in [0.4, 0.5) is 26.7 Å². The lowest BCUT2D eigenvalue weighted by molar-refractivity contribution is -0.138. The number of alkyl halides is 5. The second-order valence-electron chi connectivity index (χ2n) is 10.4. The standard InChI is InChI=1S/C26H32F5N4O2PS/c1-33(2)23(36)20-4-3-9-35(20)22-21(39-24(37)32-22)12-16-7-10-34(11-8-16)14-17-5-6-18(25(28,38)15-27)13-19(17)26(29,30)31/h5-6,12-13,16,20H,3-4,7-11,14-15,38H2,1-2H3/b21-12-. The Morgan fingerprint density at radius 2 is 1.87 bits per heavy atom. The number of nitrogens with zero attached hydrogens (tertiary/aromatic N) is 4. The van der Waals surface area contributed by atoms with Gasteiger partial charge in [0.25, 0.3) is 0 Å². The highest BCUT2D eigenvalue weighted by molar-refractivity contribution is 8.18. The molecule has 1 aromatic rings. The summed E-state index contributed by atoms with van der Waals surface area (Å²) in [6.45, 7) is 0.291. The van der Waals surface area contributed by atoms with Crippen LogP contribution in [0.1, 0.15) is 42.4 Å². The molecule has 0 saturated carbocycles. The zero-order chi connectivity index (χ0) is 28.5. The van der Waals surface area contributed by atoms with Crippen molar-refractivity contribution in [1.82, 2.24) is 14.7 Å². The molecule has 3 aliphatic heterocycles. The number of thioether (sulfide) groups is 1. The van der Waals surface area contributed by atoms with Gasteiger partial charge in [-0.05, 0) is 73.6 Å². The molecular formula is C26H32F5N4O2PS. The SMILES string of the molecule is CN(C)C(=O)C1CCCN1C1=NC(=O)S/C1=C\C1CCN(Cc2ccc(C(F)(P)CF)cc2C(F)(F)F)CC1. The average molecular weight is 591 g/mol. The molecule has 0 spiro atoms. The number of rotatable bonds is 6. The molecule has 13 heteroatoms. The van der Waals surface area contributed by atoms with E-state index < -0.39 is 23.8 Å². The lowest BCUT2D eigenvalue weighted by Gasteiger charge is -2.32. The number of amidine groups is 1. The van der Waals surface area contributed by atoms with E-state index in [2.05, 4.69) is 4.99 Å². The van der Waals surface area contributed by atoms with Gasteiger partial charge in [0, 0.05) is 27.2 Å². The molecule has 2 fully saturated rings. The monoisotopic (exact) mass is 590 g/mol. The van der Waals surface area contributed by atoms with E-state index in [0.29, 0.717) is 50.8 Å². The zero-order valence-electron chi connectivity index (χ0n) is 21.8. The summed E-state index contributed by atoms with van der Waals surface area (Å²) in [5.41, 5.74) is -1.32. The van der Waals surface area contributed by atoms with Gasteiger partial charge in [0.05, 0.1) is 10.5 Å². The smallest absolute Gasteiger partial charge is 0.347 e. The van der Waals surface area contributed by atoms with E-state index in [9.17, 15) is 31.5 Å². The Kier molecular flexibility index (Phi) is 9.08. The second-order valence-corrected chi connectivity index (χ2v) is 12.3. The number of benzene rings is 1. The van der Waals surface area contributed by atoms with Crippen LogP contribution in [0.3, 0.4) is 0 Å². The van der Waals surface area contributed by atoms with E-state index in [-0.39, 0.29) is 40.8 Å². The maximum absolute atomic E-state index is 14.3. The zero-order valence-corrected chi connectivity index (χ0v) is 23.8. The lowest BCUT2D eigenvalue weighted by Crippen LogP contribution is -2.45. The van der Waals surface area contributed by atoms with Gasteiger partial charge in [-0.2, -0.15) is 18.2 Å². The van der Waals surface area contributed by atoms with Crippen molar-refractivity contribution in [2.75, 3.05) is 40.4 Å². The molecule has 2 amide bonds. The van der Waals surface area contributed by atoms with Gasteiger partial charge < -0.3 is 9.80 Å². The first-order valence-electron chi connectivity index (χ1n) is 12.8. The minimum Gasteiger partial charge on any atom is -0.347 e. The molecular weight excluding hydrogens is 558 g/mol. The molecule has 3 aliphatic rings. The molecule has 3 unspecified atom stereocenters. The third-order valence-corrected chi connectivity index (χ3v) is 8.66. The first kappa shape index (κ1) is 29.9. The van der Waals surface area contributed by atoms with Crippen molar-refractivity contribution in [3.8, 4) is 0 Å². The Bertz CT molecular complexity index is 1170. The van der Waals surface area contributed by atoms with Gasteiger partial charge in [-0.1, -0.05) is 27.4 Å². The summed E-state index contributed by atoms with van der Waals surface area (Å²) >= 11 is 1.04. The van der Waals surface area contributed by atoms with Crippen molar-refractivity contribution in [2.45, 2.75) is 49.9 Å². The van der Waals surface area contributed by atoms with Crippen molar-refractivity contribution >= 4 is 38.0 Å². The first-order chi connectivity index (χ1) is 18.3. The van der Waals surface area contributed by atoms with Crippen LogP contribution in [0.5, 0.6) is 0 Å². The molecule has 3 atom stereocenters. The quantitative estimate of drug-likeness (QED) is 0.320. The summed E-state index contributed by atoms with van der Waals surface area (Å²) in [6.07, 6.45) is 0.172. The number of hydrogen-bond donors (Lipinski definition) is 0. The van der Waals surface area contributed by atoms with Crippen molar-refractivity contribution in [3.05, 3.63) is 45.9 Å². The molecule has 3 heterocycles. The second kappa shape index (κ2) is 11.8. The van der Waals surface area contributed by atoms with Crippen LogP contribution >= 0.6 is 21.0 Å². The van der Waals surface area contributed by atoms with Gasteiger partial charge in [-0.25, -0.2) is 8.78 Å². The number of carbonyl (C=O) groups excluding carboxylic acids is 2. The van der Waals surface area contributed by atoms with Crippen LogP contribution < -0.4 is 0 Å². The summed E-state index contributed by atoms with van der Waals surface area (Å²) in [6, 6.07) is 2.77. The molecule has 214 valence electrons. The van der Waals surface area contributed by atoms with Crippen LogP contribution in [0.2, 0.25) is 0 Å². The fraction of sp³-hybridized carbons (Fsp3) is 0.577. The van der Waals surface area contributed by atoms with E-state index >= 15 is 0 Å². The normalized spacial score (nSPS) is 23.8. The molecule has 0 bridgehead atoms. The highest BCUT2D eigenvalue weighted by Crippen LogP contribution is 2.40. The summed E-state index contributed by atoms with van der Waals surface area (Å²) in [5.74, 6) is 0.605. The van der Waals surface area contributed by atoms with Gasteiger partial charge in [-0.15, -0.1) is 0 Å². The fourth-order valence-electron chi connectivity index (χ4n) is 5.24. The van der Waals surface area contributed by atoms with Crippen LogP contribution in [0, 0.1) is 5.92 Å². The molecule has 1 aromatic carbocycles. The van der Waals surface area contributed by atoms with E-state index in [1.165, 1.54) is 12.1 Å². The molecule has 39 heavy (non-hydrogen) atoms. The van der Waals surface area contributed by atoms with Crippen molar-refractivity contribution < 1.29 is 31.5 Å². The van der Waals surface area contributed by atoms with Gasteiger partial charge in [-0.3, -0.25) is 14.5 Å². The Hall–Kier alpha value is -2.04. The van der Waals surface area contributed by atoms with Crippen LogP contribution in [0.25, 0.3) is 0 Å². The van der Waals surface area contributed by atoms with E-state index in [4.69, 9.17) is 0 Å². The molecule has 0 aromatic heterocycles. The predicted octanol–water partition coefficient (Wildman–Crippen LogP) is 5.59. The molecule has 4 rings (SSSR count). The molecule has 0 radical (unpaired) electrons. The molecule has 2 saturated heterocycles. The van der Waals surface area contributed by atoms with Crippen LogP contribution in [-0.2, 0) is 22.9 Å². The van der Waals surface area contributed by atoms with Gasteiger partial charge in [0.1, 0.15) is 18.6 Å². The lowest BCUT2D eigenvalue weighted by atomic mass is 9.94. The number of likely N-dealkylation sites (N-methyl/N-ethyl adjacent to an activating group) is 1. The van der Waals surface area contributed by atoms with E-state index in [1.54, 1.807) is 28.2 Å². The summed E-state index contributed by atoms with van der Waals surface area (Å²) in [4.78, 5) is 35.2. The van der Waals surface area contributed by atoms with Crippen molar-refractivity contribution in [1.29, 1.82) is 0 Å². The minimum atomic E-state index is -4.70. The summed E-state index contributed by atoms with van der Waals surface area (Å²) in [7, 11) is 5.04. The Morgan fingerprint density at radius 1 is 1.18 bits per heavy atom. The Balaban J connectivity index is 1.43. The highest BCUT2D eigenvalue weighted by atomic mass is 32.2. The summed E-state index contributed by atoms with van der Waals surface area (Å²) < 4.78 is 68.6. The fourth-order valence-corrected chi connectivity index (χ4v) is 6.25. The van der Waals surface area contributed by atoms with E-state index in [1.807, 2.05) is 15.9 Å². The Labute approximate surface area is 231 Å². The largest absolute Gasteiger partial charge is 0.416 e. The minimum absolute atomic E-state index is 0.0136. The molecule has 0 aliphatic carbocycles. The summed E-state index contributed by atoms with van der Waals surface area (Å²) in [5, 5.41) is -2.89. The number of halogens is 5. The number of aliphatic imine (C=N–C) groups is 1. The van der Waals surface area contributed by atoms with Crippen molar-refractivity contribution in [2.24, 2.45) is 10.9 Å². The molecule has 0 N–H and O–H groups in total. The van der Waals surface area contributed by atoms with Gasteiger partial charge in [0.2, 0.25) is 5.91 Å². The number of hydrogen-bond acceptors (Lipinski definition) is 5. The highest BCUT2D eigenvalue weighted by Gasteiger charge is 2.39. The topological polar surface area (TPSA) is 56.2 Å².